The van der Waals surface area contributed by atoms with Crippen molar-refractivity contribution in [3.63, 3.8) is 0 Å². The first-order valence-electron chi connectivity index (χ1n) is 7.86. The summed E-state index contributed by atoms with van der Waals surface area (Å²) < 4.78 is 0. The summed E-state index contributed by atoms with van der Waals surface area (Å²) in [5.41, 5.74) is 0. The molecule has 0 heterocycles. The van der Waals surface area contributed by atoms with Crippen LogP contribution in [-0.4, -0.2) is 59.3 Å². The van der Waals surface area contributed by atoms with Gasteiger partial charge in [0.05, 0.1) is 0 Å². The summed E-state index contributed by atoms with van der Waals surface area (Å²) in [6.45, 7) is 8.76. The van der Waals surface area contributed by atoms with E-state index in [0.717, 1.165) is 25.7 Å². The van der Waals surface area contributed by atoms with Crippen LogP contribution in [0.15, 0.2) is 0 Å². The maximum atomic E-state index is 10.4. The Hall–Kier alpha value is 1.45. The van der Waals surface area contributed by atoms with Gasteiger partial charge in [0.2, 0.25) is 0 Å². The minimum absolute atomic E-state index is 0. The number of hydrogen-bond acceptors (Lipinski definition) is 2. The summed E-state index contributed by atoms with van der Waals surface area (Å²) in [6.07, 6.45) is 9.27. The first-order chi connectivity index (χ1) is 8.69. The van der Waals surface area contributed by atoms with E-state index in [1.807, 2.05) is 0 Å². The van der Waals surface area contributed by atoms with Gasteiger partial charge in [-0.05, 0) is 0 Å². The second kappa shape index (κ2) is 25.4. The molecule has 0 aliphatic carbocycles. The van der Waals surface area contributed by atoms with Crippen LogP contribution in [0.3, 0.4) is 0 Å². The van der Waals surface area contributed by atoms with Gasteiger partial charge >= 0.3 is 46.1 Å². The van der Waals surface area contributed by atoms with E-state index < -0.39 is 0 Å². The van der Waals surface area contributed by atoms with Crippen LogP contribution in [0.4, 0.5) is 0 Å². The molecular formula is C16H36Mg2O2. The monoisotopic (exact) mass is 308 g/mol. The van der Waals surface area contributed by atoms with Crippen molar-refractivity contribution in [3.05, 3.63) is 0 Å². The molecule has 0 saturated carbocycles. The van der Waals surface area contributed by atoms with Gasteiger partial charge in [-0.15, -0.1) is 13.2 Å². The Morgan fingerprint density at radius 1 is 0.700 bits per heavy atom. The van der Waals surface area contributed by atoms with Gasteiger partial charge in [0.15, 0.2) is 0 Å². The predicted molar refractivity (Wildman–Crippen MR) is 90.1 cm³/mol. The molecule has 0 fully saturated rings. The molecule has 116 valence electrons. The summed E-state index contributed by atoms with van der Waals surface area (Å²) in [5.74, 6) is 0.898. The second-order valence-corrected chi connectivity index (χ2v) is 5.17. The molecule has 0 aliphatic rings. The van der Waals surface area contributed by atoms with Gasteiger partial charge in [-0.1, -0.05) is 90.9 Å². The Morgan fingerprint density at radius 3 is 1.15 bits per heavy atom. The molecule has 0 bridgehead atoms. The molecule has 0 spiro atoms. The average Bonchev–Trinajstić information content (AvgIpc) is 2.42. The topological polar surface area (TPSA) is 46.1 Å². The van der Waals surface area contributed by atoms with Crippen LogP contribution in [0.1, 0.15) is 81.9 Å². The first kappa shape index (κ1) is 29.5. The molecule has 2 nitrogen and oxygen atoms in total. The standard InChI is InChI=1S/2C8H17O.2Mg.2H/c2*1-3-5-6-8(4-2)7-9;;;;/h2*8H,3-7H2,1-2H3;;;;/q2*-1;2*+2;2*-1. The molecule has 0 aliphatic heterocycles. The van der Waals surface area contributed by atoms with Crippen LogP contribution in [0.5, 0.6) is 0 Å². The zero-order chi connectivity index (χ0) is 14.2. The molecule has 0 amide bonds. The maximum Gasteiger partial charge on any atom is 2.00 e. The average molecular weight is 309 g/mol. The molecule has 4 heteroatoms. The van der Waals surface area contributed by atoms with E-state index in [1.54, 1.807) is 0 Å². The summed E-state index contributed by atoms with van der Waals surface area (Å²) >= 11 is 0. The molecule has 0 aromatic rings. The maximum absolute atomic E-state index is 10.4. The van der Waals surface area contributed by atoms with Crippen molar-refractivity contribution in [2.45, 2.75) is 79.1 Å². The van der Waals surface area contributed by atoms with Gasteiger partial charge < -0.3 is 13.1 Å². The molecule has 0 rings (SSSR count). The molecule has 2 unspecified atom stereocenters. The number of unbranched alkanes of at least 4 members (excludes halogenated alkanes) is 2. The largest absolute Gasteiger partial charge is 2.00 e. The fourth-order valence-electron chi connectivity index (χ4n) is 1.80. The van der Waals surface area contributed by atoms with Gasteiger partial charge in [-0.3, -0.25) is 0 Å². The Morgan fingerprint density at radius 2 is 1.00 bits per heavy atom. The van der Waals surface area contributed by atoms with E-state index in [1.165, 1.54) is 25.7 Å². The van der Waals surface area contributed by atoms with Crippen LogP contribution in [0, 0.1) is 11.8 Å². The third-order valence-electron chi connectivity index (χ3n) is 3.56. The molecule has 0 N–H and O–H groups in total. The van der Waals surface area contributed by atoms with E-state index in [0.29, 0.717) is 11.8 Å². The molecule has 20 heavy (non-hydrogen) atoms. The van der Waals surface area contributed by atoms with E-state index >= 15 is 0 Å². The van der Waals surface area contributed by atoms with Gasteiger partial charge in [-0.25, -0.2) is 0 Å². The van der Waals surface area contributed by atoms with Gasteiger partial charge in [0.1, 0.15) is 0 Å². The van der Waals surface area contributed by atoms with Crippen molar-refractivity contribution < 1.29 is 13.1 Å². The van der Waals surface area contributed by atoms with E-state index in [-0.39, 0.29) is 62.2 Å². The number of hydrogen-bond donors (Lipinski definition) is 0. The fourth-order valence-corrected chi connectivity index (χ4v) is 1.80. The summed E-state index contributed by atoms with van der Waals surface area (Å²) in [4.78, 5) is 0. The third kappa shape index (κ3) is 21.7. The second-order valence-electron chi connectivity index (χ2n) is 5.17. The fraction of sp³-hybridized carbons (Fsp3) is 1.00. The third-order valence-corrected chi connectivity index (χ3v) is 3.56. The minimum atomic E-state index is 0. The van der Waals surface area contributed by atoms with Gasteiger partial charge in [-0.2, -0.15) is 0 Å². The minimum Gasteiger partial charge on any atom is -1.00 e. The summed E-state index contributed by atoms with van der Waals surface area (Å²) in [7, 11) is 0. The molecule has 0 saturated heterocycles. The summed E-state index contributed by atoms with van der Waals surface area (Å²) in [5, 5.41) is 20.7. The Bertz CT molecular complexity index is 132. The Labute approximate surface area is 162 Å². The van der Waals surface area contributed by atoms with Gasteiger partial charge in [0, 0.05) is 0 Å². The van der Waals surface area contributed by atoms with Crippen molar-refractivity contribution in [2.24, 2.45) is 11.8 Å². The molecule has 0 radical (unpaired) electrons. The molecule has 0 aromatic heterocycles. The van der Waals surface area contributed by atoms with Crippen molar-refractivity contribution >= 4 is 46.1 Å². The van der Waals surface area contributed by atoms with Crippen molar-refractivity contribution in [1.82, 2.24) is 0 Å². The van der Waals surface area contributed by atoms with Crippen LogP contribution < -0.4 is 10.2 Å². The Balaban J connectivity index is -0.0000000492. The van der Waals surface area contributed by atoms with E-state index in [9.17, 15) is 10.2 Å². The smallest absolute Gasteiger partial charge is 1.00 e. The van der Waals surface area contributed by atoms with Crippen LogP contribution in [0.2, 0.25) is 0 Å². The zero-order valence-corrected chi connectivity index (χ0v) is 17.3. The van der Waals surface area contributed by atoms with E-state index in [2.05, 4.69) is 27.7 Å². The van der Waals surface area contributed by atoms with Crippen LogP contribution in [-0.2, 0) is 0 Å². The first-order valence-corrected chi connectivity index (χ1v) is 7.86. The molecule has 0 aromatic carbocycles. The van der Waals surface area contributed by atoms with E-state index in [4.69, 9.17) is 0 Å². The van der Waals surface area contributed by atoms with Crippen LogP contribution >= 0.6 is 0 Å². The quantitative estimate of drug-likeness (QED) is 0.582. The summed E-state index contributed by atoms with van der Waals surface area (Å²) in [6, 6.07) is 0. The molecule has 2 atom stereocenters. The zero-order valence-electron chi connectivity index (χ0n) is 16.5. The van der Waals surface area contributed by atoms with Crippen LogP contribution in [0.25, 0.3) is 0 Å². The van der Waals surface area contributed by atoms with Crippen molar-refractivity contribution in [1.29, 1.82) is 0 Å². The van der Waals surface area contributed by atoms with Gasteiger partial charge in [0.25, 0.3) is 0 Å². The van der Waals surface area contributed by atoms with Crippen molar-refractivity contribution in [2.75, 3.05) is 13.2 Å². The Kier molecular flexibility index (Phi) is 37.4. The predicted octanol–water partition coefficient (Wildman–Crippen LogP) is 2.59. The SMILES string of the molecule is CCCCC(CC)C[O-].CCCCC(CC)C[O-].[H-].[H-].[Mg+2].[Mg+2]. The number of rotatable bonds is 10. The van der Waals surface area contributed by atoms with Crippen molar-refractivity contribution in [3.8, 4) is 0 Å². The molecular weight excluding hydrogens is 273 g/mol. The normalized spacial score (nSPS) is 12.3.